The summed E-state index contributed by atoms with van der Waals surface area (Å²) >= 11 is 0. The first-order chi connectivity index (χ1) is 11.2. The number of nitriles is 1. The van der Waals surface area contributed by atoms with Crippen LogP contribution in [0.3, 0.4) is 0 Å². The first-order valence-corrected chi connectivity index (χ1v) is 8.58. The molecule has 0 amide bonds. The summed E-state index contributed by atoms with van der Waals surface area (Å²) in [6.45, 7) is 3.88. The van der Waals surface area contributed by atoms with Crippen LogP contribution in [0.15, 0.2) is 18.2 Å². The second-order valence-electron chi connectivity index (χ2n) is 6.78. The predicted octanol–water partition coefficient (Wildman–Crippen LogP) is 2.03. The van der Waals surface area contributed by atoms with Crippen LogP contribution in [0, 0.1) is 11.3 Å². The van der Waals surface area contributed by atoms with Crippen molar-refractivity contribution in [3.8, 4) is 6.07 Å². The predicted molar refractivity (Wildman–Crippen MR) is 92.8 cm³/mol. The fourth-order valence-corrected chi connectivity index (χ4v) is 3.49. The number of hydrogen-bond acceptors (Lipinski definition) is 5. The largest absolute Gasteiger partial charge is 0.393 e. The van der Waals surface area contributed by atoms with Crippen LogP contribution in [0.2, 0.25) is 0 Å². The SMILES string of the molecule is CN1CCC(Nc2ccc(N3CCC(O)CC3)c(C#N)c2)CC1. The van der Waals surface area contributed by atoms with Crippen LogP contribution in [0.4, 0.5) is 11.4 Å². The van der Waals surface area contributed by atoms with Crippen molar-refractivity contribution in [2.45, 2.75) is 37.8 Å². The van der Waals surface area contributed by atoms with E-state index in [2.05, 4.69) is 34.3 Å². The van der Waals surface area contributed by atoms with E-state index in [1.165, 1.54) is 0 Å². The highest BCUT2D eigenvalue weighted by Crippen LogP contribution is 2.27. The molecule has 0 atom stereocenters. The molecule has 1 aromatic carbocycles. The van der Waals surface area contributed by atoms with Crippen LogP contribution in [0.25, 0.3) is 0 Å². The lowest BCUT2D eigenvalue weighted by molar-refractivity contribution is 0.145. The van der Waals surface area contributed by atoms with E-state index < -0.39 is 0 Å². The molecule has 5 nitrogen and oxygen atoms in total. The summed E-state index contributed by atoms with van der Waals surface area (Å²) in [5.41, 5.74) is 2.75. The molecule has 2 fully saturated rings. The Balaban J connectivity index is 1.68. The summed E-state index contributed by atoms with van der Waals surface area (Å²) in [6, 6.07) is 8.93. The van der Waals surface area contributed by atoms with E-state index in [9.17, 15) is 10.4 Å². The number of aliphatic hydroxyl groups is 1. The molecule has 2 aliphatic rings. The first kappa shape index (κ1) is 16.1. The number of benzene rings is 1. The lowest BCUT2D eigenvalue weighted by atomic mass is 10.0. The van der Waals surface area contributed by atoms with Crippen molar-refractivity contribution in [1.29, 1.82) is 5.26 Å². The van der Waals surface area contributed by atoms with Crippen LogP contribution in [-0.4, -0.2) is 55.4 Å². The van der Waals surface area contributed by atoms with Crippen molar-refractivity contribution in [1.82, 2.24) is 4.90 Å². The van der Waals surface area contributed by atoms with Gasteiger partial charge in [-0.3, -0.25) is 0 Å². The zero-order chi connectivity index (χ0) is 16.2. The normalized spacial score (nSPS) is 21.2. The molecule has 0 saturated carbocycles. The third-order valence-corrected chi connectivity index (χ3v) is 5.01. The highest BCUT2D eigenvalue weighted by Gasteiger charge is 2.20. The molecule has 0 bridgehead atoms. The quantitative estimate of drug-likeness (QED) is 0.894. The maximum absolute atomic E-state index is 9.64. The van der Waals surface area contributed by atoms with Crippen LogP contribution >= 0.6 is 0 Å². The van der Waals surface area contributed by atoms with Crippen molar-refractivity contribution in [2.24, 2.45) is 0 Å². The highest BCUT2D eigenvalue weighted by atomic mass is 16.3. The third kappa shape index (κ3) is 3.95. The molecule has 0 unspecified atom stereocenters. The molecule has 1 aromatic rings. The van der Waals surface area contributed by atoms with E-state index >= 15 is 0 Å². The number of nitrogens with one attached hydrogen (secondary N) is 1. The molecule has 23 heavy (non-hydrogen) atoms. The Kier molecular flexibility index (Phi) is 5.04. The molecule has 2 heterocycles. The van der Waals surface area contributed by atoms with Gasteiger partial charge < -0.3 is 20.2 Å². The zero-order valence-corrected chi connectivity index (χ0v) is 13.8. The standard InChI is InChI=1S/C18H26N4O/c1-21-8-4-15(5-9-21)20-16-2-3-18(14(12-16)13-19)22-10-6-17(23)7-11-22/h2-3,12,15,17,20,23H,4-11H2,1H3. The average molecular weight is 314 g/mol. The highest BCUT2D eigenvalue weighted by molar-refractivity contribution is 5.65. The van der Waals surface area contributed by atoms with Crippen LogP contribution in [0.1, 0.15) is 31.2 Å². The summed E-state index contributed by atoms with van der Waals surface area (Å²) < 4.78 is 0. The minimum Gasteiger partial charge on any atom is -0.393 e. The molecule has 0 radical (unpaired) electrons. The monoisotopic (exact) mass is 314 g/mol. The van der Waals surface area contributed by atoms with Gasteiger partial charge in [-0.2, -0.15) is 5.26 Å². The molecule has 0 spiro atoms. The summed E-state index contributed by atoms with van der Waals surface area (Å²) in [7, 11) is 2.16. The Labute approximate surface area is 138 Å². The number of rotatable bonds is 3. The maximum Gasteiger partial charge on any atom is 0.101 e. The maximum atomic E-state index is 9.64. The minimum atomic E-state index is -0.192. The summed E-state index contributed by atoms with van der Waals surface area (Å²) in [4.78, 5) is 4.57. The Morgan fingerprint density at radius 1 is 1.13 bits per heavy atom. The van der Waals surface area contributed by atoms with Gasteiger partial charge in [0.05, 0.1) is 17.4 Å². The van der Waals surface area contributed by atoms with Crippen LogP contribution in [-0.2, 0) is 0 Å². The Hall–Kier alpha value is -1.77. The van der Waals surface area contributed by atoms with Gasteiger partial charge in [0.2, 0.25) is 0 Å². The van der Waals surface area contributed by atoms with Gasteiger partial charge in [0.25, 0.3) is 0 Å². The molecule has 3 rings (SSSR count). The van der Waals surface area contributed by atoms with Crippen LogP contribution in [0.5, 0.6) is 0 Å². The number of nitrogens with zero attached hydrogens (tertiary/aromatic N) is 3. The van der Waals surface area contributed by atoms with E-state index in [0.29, 0.717) is 6.04 Å². The van der Waals surface area contributed by atoms with Gasteiger partial charge in [-0.1, -0.05) is 0 Å². The zero-order valence-electron chi connectivity index (χ0n) is 13.8. The number of hydrogen-bond donors (Lipinski definition) is 2. The molecule has 2 aliphatic heterocycles. The number of aliphatic hydroxyl groups excluding tert-OH is 1. The average Bonchev–Trinajstić information content (AvgIpc) is 2.58. The molecule has 124 valence electrons. The lowest BCUT2D eigenvalue weighted by Gasteiger charge is -2.33. The Morgan fingerprint density at radius 3 is 2.48 bits per heavy atom. The molecule has 0 aliphatic carbocycles. The fourth-order valence-electron chi connectivity index (χ4n) is 3.49. The summed E-state index contributed by atoms with van der Waals surface area (Å²) in [5.74, 6) is 0. The molecule has 2 N–H and O–H groups in total. The molecule has 2 saturated heterocycles. The second-order valence-corrected chi connectivity index (χ2v) is 6.78. The second kappa shape index (κ2) is 7.20. The van der Waals surface area contributed by atoms with Gasteiger partial charge in [-0.05, 0) is 64.0 Å². The number of likely N-dealkylation sites (tertiary alicyclic amines) is 1. The summed E-state index contributed by atoms with van der Waals surface area (Å²) in [6.07, 6.45) is 3.65. The Bertz CT molecular complexity index is 567. The van der Waals surface area contributed by atoms with Gasteiger partial charge >= 0.3 is 0 Å². The van der Waals surface area contributed by atoms with Crippen molar-refractivity contribution in [3.63, 3.8) is 0 Å². The van der Waals surface area contributed by atoms with Gasteiger partial charge in [-0.15, -0.1) is 0 Å². The van der Waals surface area contributed by atoms with Gasteiger partial charge in [0, 0.05) is 24.8 Å². The smallest absolute Gasteiger partial charge is 0.101 e. The summed E-state index contributed by atoms with van der Waals surface area (Å²) in [5, 5.41) is 22.7. The van der Waals surface area contributed by atoms with Gasteiger partial charge in [0.1, 0.15) is 6.07 Å². The minimum absolute atomic E-state index is 0.192. The van der Waals surface area contributed by atoms with Gasteiger partial charge in [0.15, 0.2) is 0 Å². The lowest BCUT2D eigenvalue weighted by Crippen LogP contribution is -2.37. The van der Waals surface area contributed by atoms with Crippen molar-refractivity contribution in [2.75, 3.05) is 43.4 Å². The van der Waals surface area contributed by atoms with E-state index in [-0.39, 0.29) is 6.10 Å². The molecular formula is C18H26N4O. The van der Waals surface area contributed by atoms with E-state index in [4.69, 9.17) is 0 Å². The van der Waals surface area contributed by atoms with Crippen molar-refractivity contribution < 1.29 is 5.11 Å². The molecule has 0 aromatic heterocycles. The fraction of sp³-hybridized carbons (Fsp3) is 0.611. The Morgan fingerprint density at radius 2 is 1.83 bits per heavy atom. The molecule has 5 heteroatoms. The topological polar surface area (TPSA) is 62.5 Å². The van der Waals surface area contributed by atoms with Crippen LogP contribution < -0.4 is 10.2 Å². The van der Waals surface area contributed by atoms with E-state index in [0.717, 1.165) is 68.8 Å². The third-order valence-electron chi connectivity index (χ3n) is 5.01. The number of piperidine rings is 2. The van der Waals surface area contributed by atoms with Crippen molar-refractivity contribution in [3.05, 3.63) is 23.8 Å². The molecular weight excluding hydrogens is 288 g/mol. The first-order valence-electron chi connectivity index (χ1n) is 8.58. The number of anilines is 2. The van der Waals surface area contributed by atoms with E-state index in [1.54, 1.807) is 0 Å². The van der Waals surface area contributed by atoms with E-state index in [1.807, 2.05) is 12.1 Å². The van der Waals surface area contributed by atoms with Crippen molar-refractivity contribution >= 4 is 11.4 Å². The van der Waals surface area contributed by atoms with Gasteiger partial charge in [-0.25, -0.2) is 0 Å².